The summed E-state index contributed by atoms with van der Waals surface area (Å²) in [5, 5.41) is 9.07. The summed E-state index contributed by atoms with van der Waals surface area (Å²) < 4.78 is 32.6. The maximum atomic E-state index is 12.9. The number of carbonyl (C=O) groups is 5. The van der Waals surface area contributed by atoms with Gasteiger partial charge in [-0.2, -0.15) is 0 Å². The Morgan fingerprint density at radius 2 is 0.726 bits per heavy atom. The second kappa shape index (κ2) is 44.7. The maximum Gasteiger partial charge on any atom is 0.508 e. The van der Waals surface area contributed by atoms with E-state index in [1.807, 2.05) is 0 Å². The zero-order chi connectivity index (χ0) is 45.7. The lowest BCUT2D eigenvalue weighted by molar-refractivity contribution is -0.152. The van der Waals surface area contributed by atoms with Crippen LogP contribution in [0, 0.1) is 11.8 Å². The first kappa shape index (κ1) is 59.1. The molecule has 0 saturated heterocycles. The van der Waals surface area contributed by atoms with Crippen molar-refractivity contribution in [3.63, 3.8) is 0 Å². The van der Waals surface area contributed by atoms with Crippen LogP contribution in [-0.4, -0.2) is 106 Å². The van der Waals surface area contributed by atoms with Crippen molar-refractivity contribution >= 4 is 30.0 Å². The summed E-state index contributed by atoms with van der Waals surface area (Å²) in [6.07, 6.45) is 27.0. The average molecular weight is 886 g/mol. The summed E-state index contributed by atoms with van der Waals surface area (Å²) >= 11 is 0. The predicted octanol–water partition coefficient (Wildman–Crippen LogP) is 10.8. The minimum absolute atomic E-state index is 0.0104. The predicted molar refractivity (Wildman–Crippen MR) is 244 cm³/mol. The summed E-state index contributed by atoms with van der Waals surface area (Å²) in [6.45, 7) is 7.25. The van der Waals surface area contributed by atoms with Crippen molar-refractivity contribution in [3.05, 3.63) is 0 Å². The first-order valence-electron chi connectivity index (χ1n) is 24.9. The third-order valence-corrected chi connectivity index (χ3v) is 11.0. The summed E-state index contributed by atoms with van der Waals surface area (Å²) in [7, 11) is 1.79. The Kier molecular flexibility index (Phi) is 42.6. The molecule has 0 aliphatic rings. The largest absolute Gasteiger partial charge is 0.508 e. The number of nitrogens with zero attached hydrogens (tertiary/aromatic N) is 1. The van der Waals surface area contributed by atoms with E-state index in [1.165, 1.54) is 64.2 Å². The fraction of sp³-hybridized carbons (Fsp3) is 0.898. The van der Waals surface area contributed by atoms with Gasteiger partial charge in [-0.15, -0.1) is 0 Å². The number of carbonyl (C=O) groups excluding carboxylic acids is 5. The van der Waals surface area contributed by atoms with E-state index in [9.17, 15) is 24.0 Å². The molecule has 0 aromatic carbocycles. The molecule has 0 aliphatic carbocycles. The molecule has 0 rings (SSSR count). The molecule has 0 saturated carbocycles. The van der Waals surface area contributed by atoms with Crippen LogP contribution in [-0.2, 0) is 47.6 Å². The van der Waals surface area contributed by atoms with Gasteiger partial charge in [-0.3, -0.25) is 19.2 Å². The Hall–Kier alpha value is -2.93. The molecular weight excluding hydrogens is 795 g/mol. The van der Waals surface area contributed by atoms with Crippen molar-refractivity contribution < 1.29 is 57.5 Å². The van der Waals surface area contributed by atoms with Crippen LogP contribution < -0.4 is 0 Å². The smallest absolute Gasteiger partial charge is 0.465 e. The Bertz CT molecular complexity index is 1060. The van der Waals surface area contributed by atoms with E-state index < -0.39 is 18.0 Å². The van der Waals surface area contributed by atoms with Crippen molar-refractivity contribution in [3.8, 4) is 0 Å². The van der Waals surface area contributed by atoms with Crippen LogP contribution in [0.25, 0.3) is 0 Å². The zero-order valence-corrected chi connectivity index (χ0v) is 39.9. The molecule has 0 fully saturated rings. The van der Waals surface area contributed by atoms with Gasteiger partial charge >= 0.3 is 30.0 Å². The molecular formula is C49H91NO12. The van der Waals surface area contributed by atoms with Gasteiger partial charge in [-0.25, -0.2) is 4.79 Å². The Morgan fingerprint density at radius 3 is 1.10 bits per heavy atom. The quantitative estimate of drug-likeness (QED) is 0.0349. The number of likely N-dealkylation sites (N-methyl/N-ethyl adjacent to an activating group) is 1. The van der Waals surface area contributed by atoms with Crippen LogP contribution in [0.4, 0.5) is 4.79 Å². The molecule has 13 nitrogen and oxygen atoms in total. The molecule has 0 radical (unpaired) electrons. The molecule has 13 heteroatoms. The number of hydrogen-bond acceptors (Lipinski definition) is 13. The fourth-order valence-electron chi connectivity index (χ4n) is 6.85. The highest BCUT2D eigenvalue weighted by atomic mass is 16.7. The molecule has 0 aromatic rings. The molecule has 1 atom stereocenters. The maximum absolute atomic E-state index is 12.9. The molecule has 0 aromatic heterocycles. The lowest BCUT2D eigenvalue weighted by atomic mass is 10.0. The molecule has 0 heterocycles. The fourth-order valence-corrected chi connectivity index (χ4v) is 6.85. The normalized spacial score (nSPS) is 11.7. The van der Waals surface area contributed by atoms with Gasteiger partial charge in [0.15, 0.2) is 0 Å². The number of aliphatic hydroxyl groups excluding tert-OH is 1. The van der Waals surface area contributed by atoms with E-state index in [2.05, 4.69) is 20.8 Å². The van der Waals surface area contributed by atoms with Crippen molar-refractivity contribution in [1.82, 2.24) is 4.90 Å². The second-order valence-electron chi connectivity index (χ2n) is 17.1. The minimum Gasteiger partial charge on any atom is -0.465 e. The van der Waals surface area contributed by atoms with E-state index >= 15 is 0 Å². The highest BCUT2D eigenvalue weighted by Gasteiger charge is 2.20. The van der Waals surface area contributed by atoms with Crippen LogP contribution >= 0.6 is 0 Å². The van der Waals surface area contributed by atoms with Gasteiger partial charge in [0.05, 0.1) is 25.7 Å². The molecule has 0 bridgehead atoms. The van der Waals surface area contributed by atoms with Crippen LogP contribution in [0.15, 0.2) is 0 Å². The van der Waals surface area contributed by atoms with Gasteiger partial charge in [0, 0.05) is 44.7 Å². The van der Waals surface area contributed by atoms with Crippen molar-refractivity contribution in [2.24, 2.45) is 11.8 Å². The first-order chi connectivity index (χ1) is 30.1. The molecule has 0 amide bonds. The first-order valence-corrected chi connectivity index (χ1v) is 24.9. The number of rotatable bonds is 45. The van der Waals surface area contributed by atoms with Gasteiger partial charge in [-0.05, 0) is 39.2 Å². The van der Waals surface area contributed by atoms with E-state index in [-0.39, 0.29) is 82.9 Å². The molecule has 1 N–H and O–H groups in total. The van der Waals surface area contributed by atoms with Crippen LogP contribution in [0.5, 0.6) is 0 Å². The third kappa shape index (κ3) is 41.1. The van der Waals surface area contributed by atoms with Crippen molar-refractivity contribution in [2.75, 3.05) is 66.4 Å². The standard InChI is InChI=1S/C49H91NO12/c1-5-8-11-14-15-16-17-18-19-20-21-24-27-32-47(54)60-40-44(42-62-49(56)57-37-35-50(4)34-36-51)41-61-48(55)33-28-29-43(38-58-45(52)30-25-22-12-9-6-2)39-59-46(53)31-26-23-13-10-7-3/h43-44,51H,5-42H2,1-4H3. The number of aliphatic hydroxyl groups is 1. The molecule has 0 aliphatic heterocycles. The number of esters is 4. The van der Waals surface area contributed by atoms with Crippen LogP contribution in [0.3, 0.4) is 0 Å². The number of unbranched alkanes of at least 4 members (excludes halogenated alkanes) is 20. The van der Waals surface area contributed by atoms with E-state index in [1.54, 1.807) is 11.9 Å². The lowest BCUT2D eigenvalue weighted by Crippen LogP contribution is -2.29. The molecule has 62 heavy (non-hydrogen) atoms. The average Bonchev–Trinajstić information content (AvgIpc) is 3.25. The van der Waals surface area contributed by atoms with Crippen molar-refractivity contribution in [2.45, 2.75) is 207 Å². The molecule has 1 unspecified atom stereocenters. The summed E-state index contributed by atoms with van der Waals surface area (Å²) in [4.78, 5) is 64.5. The number of ether oxygens (including phenoxy) is 6. The Labute approximate surface area is 376 Å². The SMILES string of the molecule is CCCCCCCCCCCCCCCC(=O)OCC(COC(=O)CCCC(COC(=O)CCCCCCC)COC(=O)CCCCCCC)COC(=O)OCCN(C)CCO. The monoisotopic (exact) mass is 886 g/mol. The highest BCUT2D eigenvalue weighted by Crippen LogP contribution is 2.16. The molecule has 364 valence electrons. The summed E-state index contributed by atoms with van der Waals surface area (Å²) in [5.41, 5.74) is 0. The van der Waals surface area contributed by atoms with E-state index in [0.717, 1.165) is 83.5 Å². The molecule has 0 spiro atoms. The lowest BCUT2D eigenvalue weighted by Gasteiger charge is -2.19. The Morgan fingerprint density at radius 1 is 0.403 bits per heavy atom. The van der Waals surface area contributed by atoms with Gasteiger partial charge in [0.25, 0.3) is 0 Å². The zero-order valence-electron chi connectivity index (χ0n) is 39.9. The topological polar surface area (TPSA) is 164 Å². The van der Waals surface area contributed by atoms with Gasteiger partial charge in [0.1, 0.15) is 26.4 Å². The number of hydrogen-bond donors (Lipinski definition) is 1. The highest BCUT2D eigenvalue weighted by molar-refractivity contribution is 5.70. The van der Waals surface area contributed by atoms with Crippen molar-refractivity contribution in [1.29, 1.82) is 0 Å². The van der Waals surface area contributed by atoms with Gasteiger partial charge in [-0.1, -0.05) is 149 Å². The van der Waals surface area contributed by atoms with Crippen LogP contribution in [0.1, 0.15) is 207 Å². The van der Waals surface area contributed by atoms with E-state index in [4.69, 9.17) is 33.5 Å². The van der Waals surface area contributed by atoms with Crippen LogP contribution in [0.2, 0.25) is 0 Å². The van der Waals surface area contributed by atoms with Gasteiger partial charge in [0.2, 0.25) is 0 Å². The van der Waals surface area contributed by atoms with E-state index in [0.29, 0.717) is 38.8 Å². The Balaban J connectivity index is 4.95. The second-order valence-corrected chi connectivity index (χ2v) is 17.1. The minimum atomic E-state index is -0.891. The third-order valence-electron chi connectivity index (χ3n) is 11.0. The summed E-state index contributed by atoms with van der Waals surface area (Å²) in [5.74, 6) is -2.24. The summed E-state index contributed by atoms with van der Waals surface area (Å²) in [6, 6.07) is 0. The van der Waals surface area contributed by atoms with Gasteiger partial charge < -0.3 is 38.4 Å².